The molecule has 6 heteroatoms. The maximum absolute atomic E-state index is 5.60. The number of hydrogen-bond acceptors (Lipinski definition) is 4. The second kappa shape index (κ2) is 4.37. The molecule has 0 aromatic carbocycles. The first-order chi connectivity index (χ1) is 5.72. The number of tetrazole rings is 1. The normalized spacial score (nSPS) is 13.2. The first kappa shape index (κ1) is 9.41. The highest BCUT2D eigenvalue weighted by Crippen LogP contribution is 1.89. The van der Waals surface area contributed by atoms with Gasteiger partial charge in [0.15, 0.2) is 5.82 Å². The second-order valence-corrected chi connectivity index (χ2v) is 2.94. The third kappa shape index (κ3) is 2.75. The number of hydrogen-bond donors (Lipinski definition) is 1. The Morgan fingerprint density at radius 2 is 2.42 bits per heavy atom. The van der Waals surface area contributed by atoms with Crippen LogP contribution in [0.15, 0.2) is 0 Å². The smallest absolute Gasteiger partial charge is 0.188 e. The van der Waals surface area contributed by atoms with E-state index in [1.54, 1.807) is 7.05 Å². The number of aromatic nitrogens is 4. The molecule has 1 unspecified atom stereocenters. The molecule has 5 nitrogen and oxygen atoms in total. The fourth-order valence-electron chi connectivity index (χ4n) is 0.714. The molecule has 1 rings (SSSR count). The average Bonchev–Trinajstić information content (AvgIpc) is 2.47. The summed E-state index contributed by atoms with van der Waals surface area (Å²) in [6.07, 6.45) is 0. The Kier molecular flexibility index (Phi) is 3.43. The molecule has 0 amide bonds. The van der Waals surface area contributed by atoms with E-state index < -0.39 is 0 Å². The Balaban J connectivity index is 2.33. The number of rotatable bonds is 4. The van der Waals surface area contributed by atoms with Crippen molar-refractivity contribution >= 4 is 11.6 Å². The molecule has 1 aromatic heterocycles. The summed E-state index contributed by atoms with van der Waals surface area (Å²) >= 11 is 5.60. The van der Waals surface area contributed by atoms with Crippen LogP contribution in [0.5, 0.6) is 0 Å². The van der Waals surface area contributed by atoms with Gasteiger partial charge >= 0.3 is 0 Å². The third-order valence-electron chi connectivity index (χ3n) is 1.39. The van der Waals surface area contributed by atoms with Gasteiger partial charge in [-0.3, -0.25) is 0 Å². The fraction of sp³-hybridized carbons (Fsp3) is 0.833. The Hall–Kier alpha value is -0.680. The van der Waals surface area contributed by atoms with E-state index in [1.807, 2.05) is 6.92 Å². The van der Waals surface area contributed by atoms with Gasteiger partial charge in [0.1, 0.15) is 0 Å². The highest BCUT2D eigenvalue weighted by molar-refractivity contribution is 6.18. The van der Waals surface area contributed by atoms with Gasteiger partial charge in [-0.15, -0.1) is 21.8 Å². The number of halogens is 1. The molecule has 0 saturated carbocycles. The molecule has 0 bridgehead atoms. The highest BCUT2D eigenvalue weighted by Gasteiger charge is 2.02. The highest BCUT2D eigenvalue weighted by atomic mass is 35.5. The standard InChI is InChI=1S/C6H12ClN5/c1-5(3-7)8-4-6-9-11-12(2)10-6/h5,8H,3-4H2,1-2H3. The van der Waals surface area contributed by atoms with Gasteiger partial charge in [-0.05, 0) is 12.1 Å². The Morgan fingerprint density at radius 1 is 1.67 bits per heavy atom. The summed E-state index contributed by atoms with van der Waals surface area (Å²) < 4.78 is 0. The number of alkyl halides is 1. The molecular weight excluding hydrogens is 178 g/mol. The summed E-state index contributed by atoms with van der Waals surface area (Å²) in [6.45, 7) is 2.62. The third-order valence-corrected chi connectivity index (χ3v) is 1.85. The van der Waals surface area contributed by atoms with Crippen LogP contribution in [0.4, 0.5) is 0 Å². The summed E-state index contributed by atoms with van der Waals surface area (Å²) in [6, 6.07) is 0.274. The minimum atomic E-state index is 0.274. The van der Waals surface area contributed by atoms with E-state index in [1.165, 1.54) is 4.80 Å². The molecule has 0 spiro atoms. The van der Waals surface area contributed by atoms with Crippen molar-refractivity contribution in [3.05, 3.63) is 5.82 Å². The number of nitrogens with zero attached hydrogens (tertiary/aromatic N) is 4. The van der Waals surface area contributed by atoms with Crippen molar-refractivity contribution in [1.29, 1.82) is 0 Å². The van der Waals surface area contributed by atoms with Crippen molar-refractivity contribution in [3.63, 3.8) is 0 Å². The van der Waals surface area contributed by atoms with Gasteiger partial charge < -0.3 is 5.32 Å². The van der Waals surface area contributed by atoms with E-state index in [4.69, 9.17) is 11.6 Å². The lowest BCUT2D eigenvalue weighted by Gasteiger charge is -2.06. The van der Waals surface area contributed by atoms with Crippen molar-refractivity contribution in [2.45, 2.75) is 19.5 Å². The van der Waals surface area contributed by atoms with Crippen LogP contribution in [0.25, 0.3) is 0 Å². The van der Waals surface area contributed by atoms with Crippen LogP contribution >= 0.6 is 11.6 Å². The van der Waals surface area contributed by atoms with Crippen molar-refractivity contribution in [2.75, 3.05) is 5.88 Å². The van der Waals surface area contributed by atoms with Crippen molar-refractivity contribution < 1.29 is 0 Å². The van der Waals surface area contributed by atoms with Gasteiger partial charge in [-0.25, -0.2) is 0 Å². The first-order valence-electron chi connectivity index (χ1n) is 3.74. The lowest BCUT2D eigenvalue weighted by molar-refractivity contribution is 0.571. The quantitative estimate of drug-likeness (QED) is 0.674. The number of aryl methyl sites for hydroxylation is 1. The molecule has 0 aliphatic heterocycles. The molecule has 12 heavy (non-hydrogen) atoms. The van der Waals surface area contributed by atoms with E-state index in [0.29, 0.717) is 18.2 Å². The van der Waals surface area contributed by atoms with Crippen molar-refractivity contribution in [2.24, 2.45) is 7.05 Å². The number of nitrogens with one attached hydrogen (secondary N) is 1. The van der Waals surface area contributed by atoms with Gasteiger partial charge in [-0.2, -0.15) is 4.80 Å². The molecule has 0 fully saturated rings. The van der Waals surface area contributed by atoms with E-state index >= 15 is 0 Å². The van der Waals surface area contributed by atoms with E-state index in [-0.39, 0.29) is 6.04 Å². The van der Waals surface area contributed by atoms with Crippen molar-refractivity contribution in [3.8, 4) is 0 Å². The van der Waals surface area contributed by atoms with Crippen LogP contribution in [0, 0.1) is 0 Å². The minimum Gasteiger partial charge on any atom is -0.306 e. The predicted octanol–water partition coefficient (Wildman–Crippen LogP) is -0.0730. The predicted molar refractivity (Wildman–Crippen MR) is 45.8 cm³/mol. The molecule has 0 aliphatic carbocycles. The Labute approximate surface area is 76.1 Å². The van der Waals surface area contributed by atoms with Gasteiger partial charge in [0.25, 0.3) is 0 Å². The zero-order valence-electron chi connectivity index (χ0n) is 7.16. The zero-order chi connectivity index (χ0) is 8.97. The molecular formula is C6H12ClN5. The van der Waals surface area contributed by atoms with Crippen LogP contribution in [-0.4, -0.2) is 32.1 Å². The Morgan fingerprint density at radius 3 is 2.92 bits per heavy atom. The Bertz CT molecular complexity index is 236. The zero-order valence-corrected chi connectivity index (χ0v) is 7.91. The van der Waals surface area contributed by atoms with Gasteiger partial charge in [0.2, 0.25) is 0 Å². The molecule has 68 valence electrons. The molecule has 1 heterocycles. The van der Waals surface area contributed by atoms with Gasteiger partial charge in [-0.1, -0.05) is 0 Å². The average molecular weight is 190 g/mol. The van der Waals surface area contributed by atoms with Crippen molar-refractivity contribution in [1.82, 2.24) is 25.5 Å². The summed E-state index contributed by atoms with van der Waals surface area (Å²) in [5, 5.41) is 14.7. The topological polar surface area (TPSA) is 55.6 Å². The van der Waals surface area contributed by atoms with Crippen LogP contribution in [-0.2, 0) is 13.6 Å². The van der Waals surface area contributed by atoms with E-state index in [2.05, 4.69) is 20.7 Å². The molecule has 0 radical (unpaired) electrons. The minimum absolute atomic E-state index is 0.274. The molecule has 1 N–H and O–H groups in total. The molecule has 1 aromatic rings. The lowest BCUT2D eigenvalue weighted by Crippen LogP contribution is -2.27. The summed E-state index contributed by atoms with van der Waals surface area (Å²) in [5.74, 6) is 1.27. The first-order valence-corrected chi connectivity index (χ1v) is 4.28. The maximum Gasteiger partial charge on any atom is 0.188 e. The second-order valence-electron chi connectivity index (χ2n) is 2.63. The summed E-state index contributed by atoms with van der Waals surface area (Å²) in [7, 11) is 1.74. The lowest BCUT2D eigenvalue weighted by atomic mass is 10.4. The fourth-order valence-corrected chi connectivity index (χ4v) is 0.823. The summed E-state index contributed by atoms with van der Waals surface area (Å²) in [5.41, 5.74) is 0. The van der Waals surface area contributed by atoms with Gasteiger partial charge in [0, 0.05) is 11.9 Å². The summed E-state index contributed by atoms with van der Waals surface area (Å²) in [4.78, 5) is 1.43. The van der Waals surface area contributed by atoms with Crippen LogP contribution < -0.4 is 5.32 Å². The van der Waals surface area contributed by atoms with E-state index in [0.717, 1.165) is 0 Å². The monoisotopic (exact) mass is 189 g/mol. The van der Waals surface area contributed by atoms with Crippen LogP contribution in [0.1, 0.15) is 12.7 Å². The van der Waals surface area contributed by atoms with Crippen LogP contribution in [0.2, 0.25) is 0 Å². The molecule has 0 aliphatic rings. The van der Waals surface area contributed by atoms with Gasteiger partial charge in [0.05, 0.1) is 13.6 Å². The largest absolute Gasteiger partial charge is 0.306 e. The van der Waals surface area contributed by atoms with Crippen LogP contribution in [0.3, 0.4) is 0 Å². The molecule has 0 saturated heterocycles. The maximum atomic E-state index is 5.60. The van der Waals surface area contributed by atoms with E-state index in [9.17, 15) is 0 Å². The SMILES string of the molecule is CC(CCl)NCc1nnn(C)n1. The molecule has 1 atom stereocenters.